The highest BCUT2D eigenvalue weighted by Crippen LogP contribution is 2.19. The fraction of sp³-hybridized carbons (Fsp3) is 0.500. The van der Waals surface area contributed by atoms with Crippen molar-refractivity contribution in [1.29, 1.82) is 0 Å². The van der Waals surface area contributed by atoms with Gasteiger partial charge in [-0.15, -0.1) is 0 Å². The smallest absolute Gasteiger partial charge is 0.124 e. The van der Waals surface area contributed by atoms with Gasteiger partial charge in [0, 0.05) is 20.4 Å². The molecule has 0 saturated heterocycles. The molecule has 0 aliphatic rings. The summed E-state index contributed by atoms with van der Waals surface area (Å²) in [5.74, 6) is 0.966. The normalized spacial score (nSPS) is 12.2. The molecule has 0 saturated carbocycles. The van der Waals surface area contributed by atoms with Gasteiger partial charge < -0.3 is 15.0 Å². The summed E-state index contributed by atoms with van der Waals surface area (Å²) in [5.41, 5.74) is 8.54. The van der Waals surface area contributed by atoms with E-state index in [0.29, 0.717) is 6.73 Å². The average molecular weight is 277 g/mol. The largest absolute Gasteiger partial charge is 0.399 e. The van der Waals surface area contributed by atoms with Crippen LogP contribution in [0.25, 0.3) is 11.0 Å². The van der Waals surface area contributed by atoms with Crippen molar-refractivity contribution in [2.45, 2.75) is 39.3 Å². The van der Waals surface area contributed by atoms with Crippen LogP contribution in [0.3, 0.4) is 0 Å². The minimum Gasteiger partial charge on any atom is -0.399 e. The molecule has 4 nitrogen and oxygen atoms in total. The van der Waals surface area contributed by atoms with Crippen LogP contribution in [-0.4, -0.2) is 24.2 Å². The van der Waals surface area contributed by atoms with Gasteiger partial charge in [-0.05, 0) is 31.2 Å². The van der Waals surface area contributed by atoms with Crippen LogP contribution < -0.4 is 5.73 Å². The van der Waals surface area contributed by atoms with Crippen LogP contribution >= 0.6 is 0 Å². The summed E-state index contributed by atoms with van der Waals surface area (Å²) in [6.45, 7) is 10.5. The molecule has 1 aromatic heterocycles. The van der Waals surface area contributed by atoms with Crippen LogP contribution in [0.1, 0.15) is 5.82 Å². The number of hydrogen-bond donors (Lipinski definition) is 1. The molecule has 0 bridgehead atoms. The molecule has 0 atom stereocenters. The van der Waals surface area contributed by atoms with Crippen molar-refractivity contribution >= 4 is 24.8 Å². The van der Waals surface area contributed by atoms with Gasteiger partial charge >= 0.3 is 0 Å². The van der Waals surface area contributed by atoms with Crippen molar-refractivity contribution in [1.82, 2.24) is 9.55 Å². The number of aryl methyl sites for hydroxylation is 1. The molecule has 0 radical (unpaired) electrons. The molecule has 0 aliphatic heterocycles. The van der Waals surface area contributed by atoms with Crippen molar-refractivity contribution < 1.29 is 4.74 Å². The number of anilines is 1. The van der Waals surface area contributed by atoms with E-state index in [4.69, 9.17) is 10.5 Å². The van der Waals surface area contributed by atoms with E-state index in [-0.39, 0.29) is 0 Å². The van der Waals surface area contributed by atoms with Gasteiger partial charge in [-0.1, -0.05) is 19.6 Å². The highest BCUT2D eigenvalue weighted by Gasteiger charge is 2.13. The van der Waals surface area contributed by atoms with Gasteiger partial charge in [-0.3, -0.25) is 0 Å². The number of imidazole rings is 1. The Morgan fingerprint density at radius 1 is 1.32 bits per heavy atom. The van der Waals surface area contributed by atoms with Gasteiger partial charge in [0.05, 0.1) is 11.0 Å². The van der Waals surface area contributed by atoms with Gasteiger partial charge in [0.25, 0.3) is 0 Å². The van der Waals surface area contributed by atoms with E-state index in [2.05, 4.69) is 29.2 Å². The number of ether oxygens (including phenoxy) is 1. The summed E-state index contributed by atoms with van der Waals surface area (Å²) in [5, 5.41) is 0. The lowest BCUT2D eigenvalue weighted by Crippen LogP contribution is -2.22. The second-order valence-electron chi connectivity index (χ2n) is 6.18. The van der Waals surface area contributed by atoms with Crippen LogP contribution in [-0.2, 0) is 11.5 Å². The van der Waals surface area contributed by atoms with Gasteiger partial charge in [-0.2, -0.15) is 0 Å². The Morgan fingerprint density at radius 2 is 2.05 bits per heavy atom. The summed E-state index contributed by atoms with van der Waals surface area (Å²) in [6.07, 6.45) is 0. The molecule has 19 heavy (non-hydrogen) atoms. The average Bonchev–Trinajstić information content (AvgIpc) is 2.58. The Bertz CT molecular complexity index is 572. The first kappa shape index (κ1) is 14.1. The number of nitrogen functional groups attached to an aromatic ring is 1. The highest BCUT2D eigenvalue weighted by atomic mass is 28.3. The maximum atomic E-state index is 5.80. The molecule has 1 heterocycles. The Balaban J connectivity index is 2.06. The molecule has 0 spiro atoms. The lowest BCUT2D eigenvalue weighted by Gasteiger charge is -2.16. The molecular formula is C14H23N3OSi. The Labute approximate surface area is 115 Å². The second kappa shape index (κ2) is 5.34. The molecule has 5 heteroatoms. The van der Waals surface area contributed by atoms with E-state index in [0.717, 1.165) is 29.2 Å². The molecule has 1 aromatic carbocycles. The standard InChI is InChI=1S/C14H23N3OSi/c1-11-16-13-9-12(15)5-6-14(13)17(11)10-18-7-8-19(2,3)4/h5-6,9H,7-8,10,15H2,1-4H3. The molecule has 0 fully saturated rings. The predicted molar refractivity (Wildman–Crippen MR) is 83.0 cm³/mol. The minimum atomic E-state index is -1.02. The molecule has 0 unspecified atom stereocenters. The number of fused-ring (bicyclic) bond motifs is 1. The summed E-state index contributed by atoms with van der Waals surface area (Å²) in [4.78, 5) is 4.51. The van der Waals surface area contributed by atoms with Crippen molar-refractivity contribution in [2.24, 2.45) is 0 Å². The van der Waals surface area contributed by atoms with Crippen LogP contribution in [0.4, 0.5) is 5.69 Å². The Morgan fingerprint density at radius 3 is 2.74 bits per heavy atom. The predicted octanol–water partition coefficient (Wildman–Crippen LogP) is 3.24. The molecule has 0 amide bonds. The third kappa shape index (κ3) is 3.58. The zero-order valence-corrected chi connectivity index (χ0v) is 13.2. The Hall–Kier alpha value is -1.33. The van der Waals surface area contributed by atoms with Crippen molar-refractivity contribution in [2.75, 3.05) is 12.3 Å². The van der Waals surface area contributed by atoms with Crippen LogP contribution in [0, 0.1) is 6.92 Å². The first-order valence-corrected chi connectivity index (χ1v) is 10.4. The van der Waals surface area contributed by atoms with Gasteiger partial charge in [0.2, 0.25) is 0 Å². The van der Waals surface area contributed by atoms with Crippen LogP contribution in [0.15, 0.2) is 18.2 Å². The van der Waals surface area contributed by atoms with Gasteiger partial charge in [-0.25, -0.2) is 4.98 Å². The zero-order chi connectivity index (χ0) is 14.0. The number of aromatic nitrogens is 2. The van der Waals surface area contributed by atoms with E-state index in [9.17, 15) is 0 Å². The highest BCUT2D eigenvalue weighted by molar-refractivity contribution is 6.76. The number of nitrogens with two attached hydrogens (primary N) is 1. The summed E-state index contributed by atoms with van der Waals surface area (Å²) < 4.78 is 7.90. The topological polar surface area (TPSA) is 53.1 Å². The molecule has 0 aliphatic carbocycles. The van der Waals surface area contributed by atoms with E-state index in [1.165, 1.54) is 6.04 Å². The maximum absolute atomic E-state index is 5.80. The third-order valence-corrected chi connectivity index (χ3v) is 4.88. The monoisotopic (exact) mass is 277 g/mol. The summed E-state index contributed by atoms with van der Waals surface area (Å²) >= 11 is 0. The molecule has 2 aromatic rings. The zero-order valence-electron chi connectivity index (χ0n) is 12.2. The lowest BCUT2D eigenvalue weighted by molar-refractivity contribution is 0.0885. The number of rotatable bonds is 5. The fourth-order valence-corrected chi connectivity index (χ4v) is 2.72. The lowest BCUT2D eigenvalue weighted by atomic mass is 10.3. The first-order chi connectivity index (χ1) is 8.87. The number of hydrogen-bond acceptors (Lipinski definition) is 3. The molecule has 104 valence electrons. The van der Waals surface area contributed by atoms with Crippen molar-refractivity contribution in [3.05, 3.63) is 24.0 Å². The first-order valence-electron chi connectivity index (χ1n) is 6.67. The van der Waals surface area contributed by atoms with Crippen LogP contribution in [0.5, 0.6) is 0 Å². The van der Waals surface area contributed by atoms with E-state index in [1.807, 2.05) is 25.1 Å². The van der Waals surface area contributed by atoms with Crippen molar-refractivity contribution in [3.8, 4) is 0 Å². The summed E-state index contributed by atoms with van der Waals surface area (Å²) in [6, 6.07) is 7.00. The minimum absolute atomic E-state index is 0.566. The summed E-state index contributed by atoms with van der Waals surface area (Å²) in [7, 11) is -1.02. The van der Waals surface area contributed by atoms with Crippen molar-refractivity contribution in [3.63, 3.8) is 0 Å². The quantitative estimate of drug-likeness (QED) is 0.518. The second-order valence-corrected chi connectivity index (χ2v) is 11.8. The SMILES string of the molecule is Cc1nc2cc(N)ccc2n1COCC[Si](C)(C)C. The Kier molecular flexibility index (Phi) is 3.96. The maximum Gasteiger partial charge on any atom is 0.124 e. The number of nitrogens with zero attached hydrogens (tertiary/aromatic N) is 2. The van der Waals surface area contributed by atoms with E-state index >= 15 is 0 Å². The molecular weight excluding hydrogens is 254 g/mol. The third-order valence-electron chi connectivity index (χ3n) is 3.18. The fourth-order valence-electron chi connectivity index (χ4n) is 1.96. The van der Waals surface area contributed by atoms with Gasteiger partial charge in [0.15, 0.2) is 0 Å². The molecule has 2 rings (SSSR count). The van der Waals surface area contributed by atoms with Gasteiger partial charge in [0.1, 0.15) is 12.6 Å². The molecule has 2 N–H and O–H groups in total. The number of benzene rings is 1. The van der Waals surface area contributed by atoms with E-state index < -0.39 is 8.07 Å². The van der Waals surface area contributed by atoms with Crippen LogP contribution in [0.2, 0.25) is 25.7 Å². The van der Waals surface area contributed by atoms with E-state index in [1.54, 1.807) is 0 Å².